The van der Waals surface area contributed by atoms with Gasteiger partial charge in [-0.15, -0.1) is 0 Å². The molecule has 0 fully saturated rings. The lowest BCUT2D eigenvalue weighted by atomic mass is 10.3. The SMILES string of the molecule is COc1cccc(NCCn2ccccc2=O)c1. The van der Waals surface area contributed by atoms with Gasteiger partial charge >= 0.3 is 0 Å². The van der Waals surface area contributed by atoms with Crippen molar-refractivity contribution in [2.24, 2.45) is 0 Å². The highest BCUT2D eigenvalue weighted by Gasteiger charge is 1.96. The number of nitrogens with zero attached hydrogens (tertiary/aromatic N) is 1. The summed E-state index contributed by atoms with van der Waals surface area (Å²) in [5.41, 5.74) is 1.00. The minimum atomic E-state index is 0.0185. The monoisotopic (exact) mass is 244 g/mol. The quantitative estimate of drug-likeness (QED) is 0.874. The van der Waals surface area contributed by atoms with Crippen LogP contribution in [0.1, 0.15) is 0 Å². The summed E-state index contributed by atoms with van der Waals surface area (Å²) in [4.78, 5) is 11.5. The maximum atomic E-state index is 11.5. The number of methoxy groups -OCH3 is 1. The Kier molecular flexibility index (Phi) is 4.02. The van der Waals surface area contributed by atoms with Gasteiger partial charge in [0.25, 0.3) is 5.56 Å². The van der Waals surface area contributed by atoms with Gasteiger partial charge in [-0.3, -0.25) is 4.79 Å². The summed E-state index contributed by atoms with van der Waals surface area (Å²) in [5, 5.41) is 3.26. The average Bonchev–Trinajstić information content (AvgIpc) is 2.41. The van der Waals surface area contributed by atoms with Gasteiger partial charge in [0.2, 0.25) is 0 Å². The van der Waals surface area contributed by atoms with E-state index in [-0.39, 0.29) is 5.56 Å². The molecule has 4 heteroatoms. The van der Waals surface area contributed by atoms with Crippen LogP contribution in [0, 0.1) is 0 Å². The highest BCUT2D eigenvalue weighted by atomic mass is 16.5. The molecule has 0 aliphatic carbocycles. The Morgan fingerprint density at radius 3 is 2.89 bits per heavy atom. The third-order valence-electron chi connectivity index (χ3n) is 2.65. The molecule has 0 aliphatic rings. The van der Waals surface area contributed by atoms with E-state index >= 15 is 0 Å². The predicted molar refractivity (Wildman–Crippen MR) is 72.2 cm³/mol. The lowest BCUT2D eigenvalue weighted by Crippen LogP contribution is -2.21. The van der Waals surface area contributed by atoms with Crippen LogP contribution in [0.2, 0.25) is 0 Å². The Bertz CT molecular complexity index is 563. The summed E-state index contributed by atoms with van der Waals surface area (Å²) in [6, 6.07) is 12.9. The number of rotatable bonds is 5. The first-order valence-corrected chi connectivity index (χ1v) is 5.83. The van der Waals surface area contributed by atoms with E-state index in [1.54, 1.807) is 30.0 Å². The van der Waals surface area contributed by atoms with Gasteiger partial charge in [0, 0.05) is 37.1 Å². The van der Waals surface area contributed by atoms with Crippen LogP contribution >= 0.6 is 0 Å². The van der Waals surface area contributed by atoms with Crippen LogP contribution in [0.25, 0.3) is 0 Å². The second-order valence-electron chi connectivity index (χ2n) is 3.89. The summed E-state index contributed by atoms with van der Waals surface area (Å²) in [6.07, 6.45) is 1.79. The number of pyridine rings is 1. The lowest BCUT2D eigenvalue weighted by Gasteiger charge is -2.09. The smallest absolute Gasteiger partial charge is 0.250 e. The Hall–Kier alpha value is -2.23. The minimum absolute atomic E-state index is 0.0185. The van der Waals surface area contributed by atoms with Gasteiger partial charge in [-0.2, -0.15) is 0 Å². The number of ether oxygens (including phenoxy) is 1. The zero-order valence-corrected chi connectivity index (χ0v) is 10.3. The predicted octanol–water partition coefficient (Wildman–Crippen LogP) is 1.97. The van der Waals surface area contributed by atoms with Crippen molar-refractivity contribution in [2.45, 2.75) is 6.54 Å². The van der Waals surface area contributed by atoms with Crippen molar-refractivity contribution < 1.29 is 4.74 Å². The van der Waals surface area contributed by atoms with Crippen LogP contribution in [0.5, 0.6) is 5.75 Å². The fourth-order valence-electron chi connectivity index (χ4n) is 1.70. The largest absolute Gasteiger partial charge is 0.497 e. The maximum Gasteiger partial charge on any atom is 0.250 e. The molecule has 0 spiro atoms. The van der Waals surface area contributed by atoms with Crippen LogP contribution < -0.4 is 15.6 Å². The van der Waals surface area contributed by atoms with Crippen molar-refractivity contribution in [1.82, 2.24) is 4.57 Å². The standard InChI is InChI=1S/C14H16N2O2/c1-18-13-6-4-5-12(11-13)15-8-10-16-9-3-2-7-14(16)17/h2-7,9,11,15H,8,10H2,1H3. The van der Waals surface area contributed by atoms with Crippen molar-refractivity contribution in [3.8, 4) is 5.75 Å². The first kappa shape index (κ1) is 12.2. The second-order valence-corrected chi connectivity index (χ2v) is 3.89. The lowest BCUT2D eigenvalue weighted by molar-refractivity contribution is 0.415. The van der Waals surface area contributed by atoms with E-state index in [1.165, 1.54) is 0 Å². The molecule has 2 aromatic rings. The van der Waals surface area contributed by atoms with E-state index < -0.39 is 0 Å². The number of anilines is 1. The summed E-state index contributed by atoms with van der Waals surface area (Å²) in [7, 11) is 1.64. The molecule has 1 heterocycles. The molecule has 0 bridgehead atoms. The molecule has 1 N–H and O–H groups in total. The van der Waals surface area contributed by atoms with E-state index in [0.717, 1.165) is 11.4 Å². The molecule has 0 amide bonds. The topological polar surface area (TPSA) is 43.3 Å². The molecule has 0 atom stereocenters. The summed E-state index contributed by atoms with van der Waals surface area (Å²) in [6.45, 7) is 1.33. The van der Waals surface area contributed by atoms with E-state index in [1.807, 2.05) is 30.3 Å². The maximum absolute atomic E-state index is 11.5. The van der Waals surface area contributed by atoms with Gasteiger partial charge < -0.3 is 14.6 Å². The highest BCUT2D eigenvalue weighted by molar-refractivity contribution is 5.47. The molecule has 0 aliphatic heterocycles. The number of hydrogen-bond donors (Lipinski definition) is 1. The summed E-state index contributed by atoms with van der Waals surface area (Å²) < 4.78 is 6.82. The van der Waals surface area contributed by atoms with Crippen molar-refractivity contribution in [3.63, 3.8) is 0 Å². The molecule has 1 aromatic carbocycles. The minimum Gasteiger partial charge on any atom is -0.497 e. The molecule has 1 aromatic heterocycles. The zero-order valence-electron chi connectivity index (χ0n) is 10.3. The van der Waals surface area contributed by atoms with Crippen LogP contribution in [0.4, 0.5) is 5.69 Å². The molecule has 94 valence electrons. The number of benzene rings is 1. The van der Waals surface area contributed by atoms with Gasteiger partial charge in [0.1, 0.15) is 5.75 Å². The van der Waals surface area contributed by atoms with Crippen molar-refractivity contribution >= 4 is 5.69 Å². The first-order valence-electron chi connectivity index (χ1n) is 5.83. The molecule has 2 rings (SSSR count). The van der Waals surface area contributed by atoms with Crippen LogP contribution in [-0.4, -0.2) is 18.2 Å². The van der Waals surface area contributed by atoms with Gasteiger partial charge in [0.15, 0.2) is 0 Å². The van der Waals surface area contributed by atoms with E-state index in [9.17, 15) is 4.79 Å². The molecular weight excluding hydrogens is 228 g/mol. The second kappa shape index (κ2) is 5.91. The van der Waals surface area contributed by atoms with E-state index in [4.69, 9.17) is 4.74 Å². The average molecular weight is 244 g/mol. The Labute approximate surface area is 106 Å². The number of hydrogen-bond acceptors (Lipinski definition) is 3. The van der Waals surface area contributed by atoms with Crippen LogP contribution in [0.15, 0.2) is 53.5 Å². The number of aromatic nitrogens is 1. The Morgan fingerprint density at radius 2 is 2.11 bits per heavy atom. The summed E-state index contributed by atoms with van der Waals surface area (Å²) in [5.74, 6) is 0.817. The fourth-order valence-corrected chi connectivity index (χ4v) is 1.70. The Morgan fingerprint density at radius 1 is 1.22 bits per heavy atom. The highest BCUT2D eigenvalue weighted by Crippen LogP contribution is 2.16. The van der Waals surface area contributed by atoms with Crippen LogP contribution in [-0.2, 0) is 6.54 Å². The van der Waals surface area contributed by atoms with Gasteiger partial charge in [0.05, 0.1) is 7.11 Å². The van der Waals surface area contributed by atoms with E-state index in [0.29, 0.717) is 13.1 Å². The Balaban J connectivity index is 1.92. The zero-order chi connectivity index (χ0) is 12.8. The number of nitrogens with one attached hydrogen (secondary N) is 1. The molecule has 18 heavy (non-hydrogen) atoms. The van der Waals surface area contributed by atoms with Crippen LogP contribution in [0.3, 0.4) is 0 Å². The molecule has 0 saturated heterocycles. The molecule has 4 nitrogen and oxygen atoms in total. The molecule has 0 unspecified atom stereocenters. The fraction of sp³-hybridized carbons (Fsp3) is 0.214. The molecule has 0 saturated carbocycles. The molecule has 0 radical (unpaired) electrons. The first-order chi connectivity index (χ1) is 8.79. The van der Waals surface area contributed by atoms with E-state index in [2.05, 4.69) is 5.32 Å². The van der Waals surface area contributed by atoms with Crippen molar-refractivity contribution in [1.29, 1.82) is 0 Å². The van der Waals surface area contributed by atoms with Gasteiger partial charge in [-0.05, 0) is 18.2 Å². The van der Waals surface area contributed by atoms with Gasteiger partial charge in [-0.1, -0.05) is 12.1 Å². The third-order valence-corrected chi connectivity index (χ3v) is 2.65. The third kappa shape index (κ3) is 3.13. The normalized spacial score (nSPS) is 10.1. The van der Waals surface area contributed by atoms with Crippen molar-refractivity contribution in [3.05, 3.63) is 59.0 Å². The molecular formula is C14H16N2O2. The summed E-state index contributed by atoms with van der Waals surface area (Å²) >= 11 is 0. The van der Waals surface area contributed by atoms with Crippen molar-refractivity contribution in [2.75, 3.05) is 19.0 Å². The van der Waals surface area contributed by atoms with Gasteiger partial charge in [-0.25, -0.2) is 0 Å².